The average molecular weight is 444 g/mol. The van der Waals surface area contributed by atoms with Gasteiger partial charge in [0, 0.05) is 12.2 Å². The number of hydrogen-bond acceptors (Lipinski definition) is 6. The van der Waals surface area contributed by atoms with Gasteiger partial charge in [-0.2, -0.15) is 4.31 Å². The monoisotopic (exact) mass is 443 g/mol. The molecule has 0 radical (unpaired) electrons. The molecular weight excluding hydrogens is 410 g/mol. The summed E-state index contributed by atoms with van der Waals surface area (Å²) in [5.41, 5.74) is 9.69. The lowest BCUT2D eigenvalue weighted by Crippen LogP contribution is -2.40. The van der Waals surface area contributed by atoms with Crippen LogP contribution in [-0.4, -0.2) is 42.4 Å². The molecule has 0 heterocycles. The first-order chi connectivity index (χ1) is 13.8. The fraction of sp³-hybridized carbons (Fsp3) is 0.550. The number of nitrogens with two attached hydrogens (primary N) is 1. The van der Waals surface area contributed by atoms with Gasteiger partial charge < -0.3 is 5.73 Å². The predicted octanol–water partition coefficient (Wildman–Crippen LogP) is 3.30. The molecule has 0 atom stereocenters. The standard InChI is InChI=1S/C20H33N3O4S2/c1-3-4-5-6-7-8-13-29(26,27)23(15-20(24)22-25)14-17-9-11-18(12-10-17)19(21)16-28-2/h9-12,16,25H,3-8,13-15,21H2,1-2H3,(H,22,24)/b19-16-. The summed E-state index contributed by atoms with van der Waals surface area (Å²) in [5.74, 6) is -0.778. The van der Waals surface area contributed by atoms with Crippen molar-refractivity contribution < 1.29 is 18.4 Å². The number of rotatable bonds is 14. The van der Waals surface area contributed by atoms with E-state index in [2.05, 4.69) is 6.92 Å². The summed E-state index contributed by atoms with van der Waals surface area (Å²) in [6, 6.07) is 7.23. The molecule has 0 aromatic heterocycles. The summed E-state index contributed by atoms with van der Waals surface area (Å²) in [5, 5.41) is 10.6. The highest BCUT2D eigenvalue weighted by molar-refractivity contribution is 8.01. The number of unbranched alkanes of at least 4 members (excludes halogenated alkanes) is 5. The Balaban J connectivity index is 2.81. The minimum absolute atomic E-state index is 0.0146. The second-order valence-corrected chi connectivity index (χ2v) is 9.69. The van der Waals surface area contributed by atoms with Gasteiger partial charge in [-0.1, -0.05) is 63.3 Å². The lowest BCUT2D eigenvalue weighted by atomic mass is 10.1. The molecule has 1 rings (SSSR count). The summed E-state index contributed by atoms with van der Waals surface area (Å²) < 4.78 is 26.6. The molecule has 29 heavy (non-hydrogen) atoms. The third-order valence-corrected chi connectivity index (χ3v) is 6.82. The SMILES string of the molecule is CCCCCCCCS(=O)(=O)N(CC(=O)NO)Cc1ccc(/C(N)=C/SC)cc1. The quantitative estimate of drug-likeness (QED) is 0.231. The number of hydroxylamine groups is 1. The van der Waals surface area contributed by atoms with Crippen LogP contribution in [0.25, 0.3) is 5.70 Å². The highest BCUT2D eigenvalue weighted by atomic mass is 32.2. The molecule has 4 N–H and O–H groups in total. The number of carbonyl (C=O) groups excluding carboxylic acids is 1. The van der Waals surface area contributed by atoms with Crippen LogP contribution in [0.4, 0.5) is 0 Å². The van der Waals surface area contributed by atoms with Gasteiger partial charge in [0.2, 0.25) is 10.0 Å². The second kappa shape index (κ2) is 13.6. The Labute approximate surface area is 178 Å². The van der Waals surface area contributed by atoms with Gasteiger partial charge in [0.05, 0.1) is 12.3 Å². The van der Waals surface area contributed by atoms with Crippen LogP contribution >= 0.6 is 11.8 Å². The predicted molar refractivity (Wildman–Crippen MR) is 120 cm³/mol. The largest absolute Gasteiger partial charge is 0.398 e. The van der Waals surface area contributed by atoms with Gasteiger partial charge in [0.15, 0.2) is 0 Å². The number of hydrogen-bond donors (Lipinski definition) is 3. The van der Waals surface area contributed by atoms with Gasteiger partial charge in [-0.15, -0.1) is 11.8 Å². The molecule has 0 aliphatic rings. The van der Waals surface area contributed by atoms with Crippen LogP contribution in [0.5, 0.6) is 0 Å². The van der Waals surface area contributed by atoms with Crippen molar-refractivity contribution in [2.24, 2.45) is 5.73 Å². The maximum Gasteiger partial charge on any atom is 0.258 e. The van der Waals surface area contributed by atoms with E-state index in [0.29, 0.717) is 12.1 Å². The van der Waals surface area contributed by atoms with Crippen molar-refractivity contribution in [2.75, 3.05) is 18.6 Å². The zero-order valence-corrected chi connectivity index (χ0v) is 18.9. The Kier molecular flexibility index (Phi) is 12.0. The van der Waals surface area contributed by atoms with Crippen LogP contribution < -0.4 is 11.2 Å². The lowest BCUT2D eigenvalue weighted by Gasteiger charge is -2.21. The van der Waals surface area contributed by atoms with Crippen molar-refractivity contribution in [3.63, 3.8) is 0 Å². The molecule has 1 aromatic rings. The third-order valence-electron chi connectivity index (χ3n) is 4.48. The zero-order chi connectivity index (χ0) is 21.7. The summed E-state index contributed by atoms with van der Waals surface area (Å²) in [6.07, 6.45) is 7.72. The first-order valence-electron chi connectivity index (χ1n) is 9.82. The smallest absolute Gasteiger partial charge is 0.258 e. The number of thioether (sulfide) groups is 1. The van der Waals surface area contributed by atoms with Crippen LogP contribution in [0.1, 0.15) is 56.6 Å². The summed E-state index contributed by atoms with van der Waals surface area (Å²) in [6.45, 7) is 1.76. The number of nitrogens with zero attached hydrogens (tertiary/aromatic N) is 1. The second-order valence-electron chi connectivity index (χ2n) is 6.89. The van der Waals surface area contributed by atoms with Crippen LogP contribution in [0, 0.1) is 0 Å². The van der Waals surface area contributed by atoms with Crippen molar-refractivity contribution in [3.8, 4) is 0 Å². The Hall–Kier alpha value is -1.55. The van der Waals surface area contributed by atoms with Crippen LogP contribution in [0.3, 0.4) is 0 Å². The molecule has 0 bridgehead atoms. The van der Waals surface area contributed by atoms with Crippen molar-refractivity contribution >= 4 is 33.4 Å². The summed E-state index contributed by atoms with van der Waals surface area (Å²) in [4.78, 5) is 11.6. The Bertz CT molecular complexity index is 749. The van der Waals surface area contributed by atoms with Crippen molar-refractivity contribution in [1.29, 1.82) is 0 Å². The van der Waals surface area contributed by atoms with Crippen LogP contribution in [-0.2, 0) is 21.4 Å². The first-order valence-corrected chi connectivity index (χ1v) is 12.7. The molecule has 9 heteroatoms. The maximum atomic E-state index is 12.8. The topological polar surface area (TPSA) is 113 Å². The van der Waals surface area contributed by atoms with E-state index in [0.717, 1.165) is 47.5 Å². The number of nitrogens with one attached hydrogen (secondary N) is 1. The molecule has 164 valence electrons. The zero-order valence-electron chi connectivity index (χ0n) is 17.3. The van der Waals surface area contributed by atoms with E-state index >= 15 is 0 Å². The molecule has 0 aliphatic carbocycles. The van der Waals surface area contributed by atoms with Crippen LogP contribution in [0.15, 0.2) is 29.7 Å². The van der Waals surface area contributed by atoms with Gasteiger partial charge in [-0.05, 0) is 29.2 Å². The van der Waals surface area contributed by atoms with E-state index in [-0.39, 0.29) is 12.3 Å². The Morgan fingerprint density at radius 3 is 2.38 bits per heavy atom. The van der Waals surface area contributed by atoms with E-state index in [1.807, 2.05) is 23.8 Å². The molecule has 0 saturated heterocycles. The summed E-state index contributed by atoms with van der Waals surface area (Å²) in [7, 11) is -3.63. The van der Waals surface area contributed by atoms with Crippen molar-refractivity contribution in [1.82, 2.24) is 9.79 Å². The average Bonchev–Trinajstić information content (AvgIpc) is 2.70. The molecule has 0 unspecified atom stereocenters. The van der Waals surface area contributed by atoms with E-state index < -0.39 is 22.5 Å². The molecule has 1 amide bonds. The fourth-order valence-electron chi connectivity index (χ4n) is 2.84. The minimum Gasteiger partial charge on any atom is -0.398 e. The Morgan fingerprint density at radius 1 is 1.17 bits per heavy atom. The van der Waals surface area contributed by atoms with E-state index in [1.165, 1.54) is 17.2 Å². The lowest BCUT2D eigenvalue weighted by molar-refractivity contribution is -0.129. The molecule has 0 spiro atoms. The van der Waals surface area contributed by atoms with Gasteiger partial charge in [0.25, 0.3) is 5.91 Å². The Morgan fingerprint density at radius 2 is 1.79 bits per heavy atom. The highest BCUT2D eigenvalue weighted by Crippen LogP contribution is 2.17. The van der Waals surface area contributed by atoms with Crippen molar-refractivity contribution in [2.45, 2.75) is 52.0 Å². The van der Waals surface area contributed by atoms with Gasteiger partial charge >= 0.3 is 0 Å². The van der Waals surface area contributed by atoms with E-state index in [1.54, 1.807) is 12.1 Å². The number of sulfonamides is 1. The van der Waals surface area contributed by atoms with Gasteiger partial charge in [-0.3, -0.25) is 10.0 Å². The highest BCUT2D eigenvalue weighted by Gasteiger charge is 2.24. The molecule has 0 fully saturated rings. The summed E-state index contributed by atoms with van der Waals surface area (Å²) >= 11 is 1.50. The number of carbonyl (C=O) groups is 1. The van der Waals surface area contributed by atoms with E-state index in [9.17, 15) is 13.2 Å². The molecular formula is C20H33N3O4S2. The normalized spacial score (nSPS) is 12.3. The first kappa shape index (κ1) is 25.5. The number of amides is 1. The molecule has 1 aromatic carbocycles. The molecule has 0 aliphatic heterocycles. The van der Waals surface area contributed by atoms with Crippen molar-refractivity contribution in [3.05, 3.63) is 40.8 Å². The van der Waals surface area contributed by atoms with Gasteiger partial charge in [0.1, 0.15) is 0 Å². The molecule has 0 saturated carbocycles. The third kappa shape index (κ3) is 9.66. The maximum absolute atomic E-state index is 12.8. The van der Waals surface area contributed by atoms with Gasteiger partial charge in [-0.25, -0.2) is 13.9 Å². The van der Waals surface area contributed by atoms with Crippen LogP contribution in [0.2, 0.25) is 0 Å². The fourth-order valence-corrected chi connectivity index (χ4v) is 4.72. The van der Waals surface area contributed by atoms with E-state index in [4.69, 9.17) is 10.9 Å². The minimum atomic E-state index is -3.63. The number of benzene rings is 1. The molecule has 7 nitrogen and oxygen atoms in total.